The van der Waals surface area contributed by atoms with Crippen LogP contribution < -0.4 is 9.64 Å². The standard InChI is InChI=1S/C29H35F4N5O3/c1-18-5-7-22(8-6-18)28(39)38(20(3)17-40-4)25-15-24(30)26(13-19(25)2)41-27-23(29(31,32)33)14-21(16-34-27)9-12-37-35-10-11-36-37/h10-11,13-16,18,20,22H,5-9,12,17H2,1-4H3/t18-,20-,22-/m0/s1. The molecule has 1 aliphatic carbocycles. The van der Waals surface area contributed by atoms with Crippen LogP contribution in [-0.2, 0) is 28.7 Å². The summed E-state index contributed by atoms with van der Waals surface area (Å²) >= 11 is 0. The Morgan fingerprint density at radius 2 is 1.83 bits per heavy atom. The molecule has 222 valence electrons. The van der Waals surface area contributed by atoms with E-state index in [2.05, 4.69) is 22.1 Å². The largest absolute Gasteiger partial charge is 0.435 e. The lowest BCUT2D eigenvalue weighted by Crippen LogP contribution is -2.45. The number of halogens is 4. The fourth-order valence-corrected chi connectivity index (χ4v) is 5.18. The maximum atomic E-state index is 15.4. The van der Waals surface area contributed by atoms with Crippen molar-refractivity contribution in [1.82, 2.24) is 20.0 Å². The fraction of sp³-hybridized carbons (Fsp3) is 0.517. The lowest BCUT2D eigenvalue weighted by Gasteiger charge is -2.35. The minimum Gasteiger partial charge on any atom is -0.435 e. The first-order chi connectivity index (χ1) is 19.5. The van der Waals surface area contributed by atoms with Gasteiger partial charge >= 0.3 is 6.18 Å². The Morgan fingerprint density at radius 1 is 1.15 bits per heavy atom. The molecule has 3 aromatic rings. The van der Waals surface area contributed by atoms with Gasteiger partial charge < -0.3 is 14.4 Å². The molecule has 0 bridgehead atoms. The molecule has 1 fully saturated rings. The van der Waals surface area contributed by atoms with Crippen molar-refractivity contribution in [3.8, 4) is 11.6 Å². The van der Waals surface area contributed by atoms with Crippen LogP contribution in [-0.4, -0.2) is 45.6 Å². The van der Waals surface area contributed by atoms with Crippen LogP contribution in [0.25, 0.3) is 0 Å². The van der Waals surface area contributed by atoms with Crippen LogP contribution in [0, 0.1) is 24.6 Å². The molecular weight excluding hydrogens is 542 g/mol. The quantitative estimate of drug-likeness (QED) is 0.261. The zero-order valence-corrected chi connectivity index (χ0v) is 23.6. The van der Waals surface area contributed by atoms with Gasteiger partial charge in [0.25, 0.3) is 0 Å². The number of ether oxygens (including phenoxy) is 2. The number of nitrogens with zero attached hydrogens (tertiary/aromatic N) is 5. The predicted molar refractivity (Wildman–Crippen MR) is 144 cm³/mol. The van der Waals surface area contributed by atoms with Crippen molar-refractivity contribution in [2.75, 3.05) is 18.6 Å². The highest BCUT2D eigenvalue weighted by molar-refractivity contribution is 5.96. The Kier molecular flexibility index (Phi) is 9.62. The van der Waals surface area contributed by atoms with Crippen molar-refractivity contribution in [2.45, 2.75) is 71.6 Å². The van der Waals surface area contributed by atoms with E-state index < -0.39 is 29.2 Å². The highest BCUT2D eigenvalue weighted by Gasteiger charge is 2.37. The lowest BCUT2D eigenvalue weighted by molar-refractivity contribution is -0.139. The van der Waals surface area contributed by atoms with Crippen LogP contribution in [0.5, 0.6) is 11.6 Å². The van der Waals surface area contributed by atoms with E-state index in [9.17, 15) is 18.0 Å². The number of hydrogen-bond acceptors (Lipinski definition) is 6. The van der Waals surface area contributed by atoms with E-state index in [-0.39, 0.29) is 37.4 Å². The van der Waals surface area contributed by atoms with E-state index in [0.29, 0.717) is 22.7 Å². The van der Waals surface area contributed by atoms with Gasteiger partial charge in [0.1, 0.15) is 5.56 Å². The van der Waals surface area contributed by atoms with Gasteiger partial charge in [-0.2, -0.15) is 28.2 Å². The van der Waals surface area contributed by atoms with E-state index in [1.54, 1.807) is 11.8 Å². The summed E-state index contributed by atoms with van der Waals surface area (Å²) in [6.45, 7) is 6.14. The molecule has 0 aliphatic heterocycles. The normalized spacial score (nSPS) is 18.2. The summed E-state index contributed by atoms with van der Waals surface area (Å²) in [7, 11) is 1.52. The second kappa shape index (κ2) is 13.0. The number of carbonyl (C=O) groups excluding carboxylic acids is 1. The van der Waals surface area contributed by atoms with Crippen molar-refractivity contribution in [2.24, 2.45) is 11.8 Å². The smallest absolute Gasteiger partial charge is 0.421 e. The van der Waals surface area contributed by atoms with Crippen molar-refractivity contribution in [1.29, 1.82) is 0 Å². The number of alkyl halides is 3. The lowest BCUT2D eigenvalue weighted by atomic mass is 9.82. The summed E-state index contributed by atoms with van der Waals surface area (Å²) in [5.41, 5.74) is -0.0256. The Bertz CT molecular complexity index is 1320. The van der Waals surface area contributed by atoms with E-state index in [0.717, 1.165) is 37.8 Å². The molecule has 1 aliphatic rings. The average molecular weight is 578 g/mol. The van der Waals surface area contributed by atoms with Gasteiger partial charge in [-0.15, -0.1) is 0 Å². The number of rotatable bonds is 10. The summed E-state index contributed by atoms with van der Waals surface area (Å²) in [5, 5.41) is 7.88. The second-order valence-corrected chi connectivity index (χ2v) is 10.7. The van der Waals surface area contributed by atoms with Crippen LogP contribution in [0.15, 0.2) is 36.8 Å². The van der Waals surface area contributed by atoms with E-state index in [1.807, 2.05) is 6.92 Å². The Balaban J connectivity index is 1.61. The predicted octanol–water partition coefficient (Wildman–Crippen LogP) is 6.37. The van der Waals surface area contributed by atoms with Crippen molar-refractivity contribution < 1.29 is 31.8 Å². The Labute approximate surface area is 236 Å². The van der Waals surface area contributed by atoms with Crippen molar-refractivity contribution >= 4 is 11.6 Å². The Hall–Kier alpha value is -3.54. The second-order valence-electron chi connectivity index (χ2n) is 10.7. The highest BCUT2D eigenvalue weighted by Crippen LogP contribution is 2.40. The highest BCUT2D eigenvalue weighted by atomic mass is 19.4. The maximum absolute atomic E-state index is 15.4. The SMILES string of the molecule is COC[C@H](C)N(c1cc(F)c(Oc2ncc(CCn3nccn3)cc2C(F)(F)F)cc1C)C(=O)[C@H]1CC[C@H](C)CC1. The van der Waals surface area contributed by atoms with Gasteiger partial charge in [0.15, 0.2) is 11.6 Å². The number of carbonyl (C=O) groups is 1. The molecule has 12 heteroatoms. The summed E-state index contributed by atoms with van der Waals surface area (Å²) in [6.07, 6.45) is 3.00. The third-order valence-electron chi connectivity index (χ3n) is 7.45. The van der Waals surface area contributed by atoms with Crippen molar-refractivity contribution in [3.05, 3.63) is 59.3 Å². The molecule has 1 atom stereocenters. The molecule has 0 saturated heterocycles. The molecule has 1 saturated carbocycles. The topological polar surface area (TPSA) is 82.4 Å². The first-order valence-electron chi connectivity index (χ1n) is 13.7. The molecule has 0 N–H and O–H groups in total. The maximum Gasteiger partial charge on any atom is 0.421 e. The fourth-order valence-electron chi connectivity index (χ4n) is 5.18. The van der Waals surface area contributed by atoms with Crippen LogP contribution in [0.3, 0.4) is 0 Å². The molecule has 2 heterocycles. The van der Waals surface area contributed by atoms with E-state index in [4.69, 9.17) is 9.47 Å². The number of aromatic nitrogens is 4. The van der Waals surface area contributed by atoms with Crippen LogP contribution in [0.1, 0.15) is 56.2 Å². The minimum atomic E-state index is -4.79. The monoisotopic (exact) mass is 577 g/mol. The molecule has 0 unspecified atom stereocenters. The van der Waals surface area contributed by atoms with E-state index in [1.165, 1.54) is 36.6 Å². The van der Waals surface area contributed by atoms with Gasteiger partial charge in [0.05, 0.1) is 37.3 Å². The van der Waals surface area contributed by atoms with Gasteiger partial charge in [-0.1, -0.05) is 6.92 Å². The average Bonchev–Trinajstić information content (AvgIpc) is 3.44. The first kappa shape index (κ1) is 30.4. The molecule has 8 nitrogen and oxygen atoms in total. The molecule has 2 aromatic heterocycles. The van der Waals surface area contributed by atoms with Gasteiger partial charge in [0.2, 0.25) is 11.8 Å². The molecule has 0 radical (unpaired) electrons. The molecule has 1 aromatic carbocycles. The summed E-state index contributed by atoms with van der Waals surface area (Å²) in [4.78, 5) is 20.4. The zero-order valence-electron chi connectivity index (χ0n) is 23.6. The van der Waals surface area contributed by atoms with Gasteiger partial charge in [0, 0.05) is 25.3 Å². The Morgan fingerprint density at radius 3 is 2.46 bits per heavy atom. The number of methoxy groups -OCH3 is 1. The number of benzene rings is 1. The first-order valence-corrected chi connectivity index (χ1v) is 13.7. The number of amides is 1. The number of pyridine rings is 1. The third kappa shape index (κ3) is 7.41. The summed E-state index contributed by atoms with van der Waals surface area (Å²) in [5.74, 6) is -1.84. The summed E-state index contributed by atoms with van der Waals surface area (Å²) in [6, 6.07) is 2.98. The molecule has 1 amide bonds. The van der Waals surface area contributed by atoms with Gasteiger partial charge in [-0.3, -0.25) is 4.79 Å². The van der Waals surface area contributed by atoms with E-state index >= 15 is 4.39 Å². The number of aryl methyl sites for hydroxylation is 3. The molecule has 41 heavy (non-hydrogen) atoms. The minimum absolute atomic E-state index is 0.112. The molecule has 4 rings (SSSR count). The van der Waals surface area contributed by atoms with Crippen LogP contribution in [0.4, 0.5) is 23.2 Å². The molecule has 0 spiro atoms. The number of hydrogen-bond donors (Lipinski definition) is 0. The van der Waals surface area contributed by atoms with Crippen LogP contribution >= 0.6 is 0 Å². The zero-order chi connectivity index (χ0) is 29.7. The van der Waals surface area contributed by atoms with Gasteiger partial charge in [-0.25, -0.2) is 9.37 Å². The van der Waals surface area contributed by atoms with Crippen molar-refractivity contribution in [3.63, 3.8) is 0 Å². The third-order valence-corrected chi connectivity index (χ3v) is 7.45. The number of anilines is 1. The van der Waals surface area contributed by atoms with Crippen LogP contribution in [0.2, 0.25) is 0 Å². The molecular formula is C29H35F4N5O3. The van der Waals surface area contributed by atoms with Gasteiger partial charge in [-0.05, 0) is 75.1 Å². The summed E-state index contributed by atoms with van der Waals surface area (Å²) < 4.78 is 68.0.